The molecule has 0 bridgehead atoms. The van der Waals surface area contributed by atoms with Crippen LogP contribution in [0.2, 0.25) is 0 Å². The summed E-state index contributed by atoms with van der Waals surface area (Å²) in [6.07, 6.45) is 1.51. The fourth-order valence-corrected chi connectivity index (χ4v) is 3.08. The van der Waals surface area contributed by atoms with Gasteiger partial charge in [-0.05, 0) is 31.0 Å². The van der Waals surface area contributed by atoms with Gasteiger partial charge in [-0.15, -0.1) is 0 Å². The van der Waals surface area contributed by atoms with Crippen molar-refractivity contribution in [2.75, 3.05) is 12.4 Å². The quantitative estimate of drug-likeness (QED) is 0.491. The average Bonchev–Trinajstić information content (AvgIpc) is 3.14. The Morgan fingerprint density at radius 3 is 2.48 bits per heavy atom. The minimum atomic E-state index is -0.524. The monoisotopic (exact) mass is 394 g/mol. The Bertz CT molecular complexity index is 1060. The lowest BCUT2D eigenvalue weighted by atomic mass is 10.0. The maximum atomic E-state index is 13.0. The predicted octanol–water partition coefficient (Wildman–Crippen LogP) is 4.47. The number of anilines is 1. The van der Waals surface area contributed by atoms with Gasteiger partial charge in [0.1, 0.15) is 5.75 Å². The predicted molar refractivity (Wildman–Crippen MR) is 110 cm³/mol. The van der Waals surface area contributed by atoms with E-state index in [9.17, 15) is 14.9 Å². The van der Waals surface area contributed by atoms with Gasteiger partial charge in [-0.2, -0.15) is 5.10 Å². The van der Waals surface area contributed by atoms with Crippen LogP contribution in [-0.2, 0) is 0 Å². The summed E-state index contributed by atoms with van der Waals surface area (Å²) >= 11 is 0. The van der Waals surface area contributed by atoms with E-state index in [0.29, 0.717) is 11.3 Å². The van der Waals surface area contributed by atoms with E-state index in [4.69, 9.17) is 4.74 Å². The number of non-ortho nitro benzene ring substituents is 1. The summed E-state index contributed by atoms with van der Waals surface area (Å²) in [5, 5.41) is 18.2. The van der Waals surface area contributed by atoms with Gasteiger partial charge in [0.25, 0.3) is 11.6 Å². The van der Waals surface area contributed by atoms with Crippen molar-refractivity contribution in [1.29, 1.82) is 0 Å². The van der Waals surface area contributed by atoms with Gasteiger partial charge in [0, 0.05) is 12.1 Å². The lowest BCUT2D eigenvalue weighted by molar-refractivity contribution is -0.384. The molecule has 0 spiro atoms. The van der Waals surface area contributed by atoms with Crippen LogP contribution in [0.3, 0.4) is 0 Å². The van der Waals surface area contributed by atoms with Crippen molar-refractivity contribution in [3.8, 4) is 11.4 Å². The maximum absolute atomic E-state index is 13.0. The van der Waals surface area contributed by atoms with Gasteiger partial charge < -0.3 is 10.1 Å². The summed E-state index contributed by atoms with van der Waals surface area (Å²) in [4.78, 5) is 23.5. The van der Waals surface area contributed by atoms with E-state index >= 15 is 0 Å². The van der Waals surface area contributed by atoms with Crippen molar-refractivity contribution in [3.63, 3.8) is 0 Å². The number of nitro benzene ring substituents is 1. The smallest absolute Gasteiger partial charge is 0.271 e. The van der Waals surface area contributed by atoms with Crippen LogP contribution in [0.1, 0.15) is 41.4 Å². The number of aromatic nitrogens is 2. The van der Waals surface area contributed by atoms with E-state index in [-0.39, 0.29) is 17.3 Å². The number of benzene rings is 2. The number of nitrogens with zero attached hydrogens (tertiary/aromatic N) is 3. The second-order valence-electron chi connectivity index (χ2n) is 6.94. The number of carbonyl (C=O) groups excluding carboxylic acids is 1. The first-order valence-electron chi connectivity index (χ1n) is 9.10. The molecule has 0 radical (unpaired) electrons. The van der Waals surface area contributed by atoms with Gasteiger partial charge >= 0.3 is 0 Å². The molecule has 1 heterocycles. The fourth-order valence-electron chi connectivity index (χ4n) is 3.08. The van der Waals surface area contributed by atoms with Crippen molar-refractivity contribution >= 4 is 17.3 Å². The van der Waals surface area contributed by atoms with Crippen LogP contribution >= 0.6 is 0 Å². The molecule has 3 aromatic rings. The van der Waals surface area contributed by atoms with Gasteiger partial charge in [-0.1, -0.05) is 31.5 Å². The number of amides is 1. The van der Waals surface area contributed by atoms with Crippen LogP contribution in [0, 0.1) is 17.0 Å². The summed E-state index contributed by atoms with van der Waals surface area (Å²) in [7, 11) is 1.44. The summed E-state index contributed by atoms with van der Waals surface area (Å²) in [5.74, 6) is -0.0570. The molecule has 29 heavy (non-hydrogen) atoms. The lowest BCUT2D eigenvalue weighted by Crippen LogP contribution is -2.16. The van der Waals surface area contributed by atoms with Crippen molar-refractivity contribution in [3.05, 3.63) is 75.6 Å². The third kappa shape index (κ3) is 4.11. The standard InChI is InChI=1S/C21H22N4O4/c1-13(2)20-17(12-22-24(20)15-7-5-14(3)6-8-15)21(26)23-18-11-16(25(27)28)9-10-19(18)29-4/h5-13H,1-4H3,(H,23,26). The molecule has 0 aliphatic heterocycles. The van der Waals surface area contributed by atoms with E-state index in [0.717, 1.165) is 16.9 Å². The maximum Gasteiger partial charge on any atom is 0.271 e. The van der Waals surface area contributed by atoms with Crippen LogP contribution in [0.4, 0.5) is 11.4 Å². The molecular formula is C21H22N4O4. The highest BCUT2D eigenvalue weighted by Crippen LogP contribution is 2.30. The third-order valence-corrected chi connectivity index (χ3v) is 4.52. The first-order valence-corrected chi connectivity index (χ1v) is 9.10. The third-order valence-electron chi connectivity index (χ3n) is 4.52. The summed E-state index contributed by atoms with van der Waals surface area (Å²) in [6, 6.07) is 11.9. The highest BCUT2D eigenvalue weighted by molar-refractivity contribution is 6.06. The first kappa shape index (κ1) is 20.1. The Balaban J connectivity index is 1.99. The van der Waals surface area contributed by atoms with Crippen LogP contribution in [0.5, 0.6) is 5.75 Å². The van der Waals surface area contributed by atoms with Crippen LogP contribution in [0.25, 0.3) is 5.69 Å². The summed E-state index contributed by atoms with van der Waals surface area (Å²) in [5.41, 5.74) is 3.21. The normalized spacial score (nSPS) is 10.8. The van der Waals surface area contributed by atoms with Gasteiger partial charge in [0.15, 0.2) is 0 Å². The average molecular weight is 394 g/mol. The summed E-state index contributed by atoms with van der Waals surface area (Å²) in [6.45, 7) is 5.96. The number of aryl methyl sites for hydroxylation is 1. The molecule has 1 N–H and O–H groups in total. The number of hydrogen-bond acceptors (Lipinski definition) is 5. The second-order valence-corrected chi connectivity index (χ2v) is 6.94. The zero-order chi connectivity index (χ0) is 21.1. The number of nitro groups is 1. The minimum absolute atomic E-state index is 0.0200. The van der Waals surface area contributed by atoms with Crippen molar-refractivity contribution in [1.82, 2.24) is 9.78 Å². The molecule has 8 heteroatoms. The topological polar surface area (TPSA) is 99.3 Å². The van der Waals surface area contributed by atoms with E-state index in [1.54, 1.807) is 4.68 Å². The van der Waals surface area contributed by atoms with Gasteiger partial charge in [0.05, 0.1) is 40.9 Å². The largest absolute Gasteiger partial charge is 0.495 e. The Morgan fingerprint density at radius 1 is 1.21 bits per heavy atom. The second kappa shape index (κ2) is 8.14. The molecule has 2 aromatic carbocycles. The van der Waals surface area contributed by atoms with E-state index in [1.807, 2.05) is 45.0 Å². The number of nitrogens with one attached hydrogen (secondary N) is 1. The lowest BCUT2D eigenvalue weighted by Gasteiger charge is -2.14. The van der Waals surface area contributed by atoms with E-state index in [2.05, 4.69) is 10.4 Å². The SMILES string of the molecule is COc1ccc([N+](=O)[O-])cc1NC(=O)c1cnn(-c2ccc(C)cc2)c1C(C)C. The van der Waals surface area contributed by atoms with Crippen molar-refractivity contribution in [2.45, 2.75) is 26.7 Å². The van der Waals surface area contributed by atoms with Gasteiger partial charge in [-0.3, -0.25) is 14.9 Å². The number of methoxy groups -OCH3 is 1. The van der Waals surface area contributed by atoms with Crippen molar-refractivity contribution in [2.24, 2.45) is 0 Å². The van der Waals surface area contributed by atoms with E-state index < -0.39 is 10.8 Å². The Morgan fingerprint density at radius 2 is 1.90 bits per heavy atom. The summed E-state index contributed by atoms with van der Waals surface area (Å²) < 4.78 is 6.96. The zero-order valence-electron chi connectivity index (χ0n) is 16.7. The molecule has 0 fully saturated rings. The molecule has 1 amide bonds. The number of carbonyl (C=O) groups is 1. The van der Waals surface area contributed by atoms with E-state index in [1.165, 1.54) is 31.5 Å². The molecular weight excluding hydrogens is 372 g/mol. The van der Waals surface area contributed by atoms with Gasteiger partial charge in [0.2, 0.25) is 0 Å². The Kier molecular flexibility index (Phi) is 5.63. The number of rotatable bonds is 6. The molecule has 0 aliphatic rings. The molecule has 150 valence electrons. The highest BCUT2D eigenvalue weighted by Gasteiger charge is 2.22. The molecule has 0 unspecified atom stereocenters. The fraction of sp³-hybridized carbons (Fsp3) is 0.238. The van der Waals surface area contributed by atoms with Gasteiger partial charge in [-0.25, -0.2) is 4.68 Å². The Labute approximate surface area is 168 Å². The number of hydrogen-bond donors (Lipinski definition) is 1. The molecule has 8 nitrogen and oxygen atoms in total. The molecule has 0 saturated heterocycles. The first-order chi connectivity index (χ1) is 13.8. The molecule has 0 atom stereocenters. The van der Waals surface area contributed by atoms with Crippen LogP contribution in [-0.4, -0.2) is 27.7 Å². The molecule has 0 aliphatic carbocycles. The molecule has 3 rings (SSSR count). The zero-order valence-corrected chi connectivity index (χ0v) is 16.7. The molecule has 0 saturated carbocycles. The highest BCUT2D eigenvalue weighted by atomic mass is 16.6. The number of ether oxygens (including phenoxy) is 1. The molecule has 1 aromatic heterocycles. The minimum Gasteiger partial charge on any atom is -0.495 e. The van der Waals surface area contributed by atoms with Crippen molar-refractivity contribution < 1.29 is 14.5 Å². The Hall–Kier alpha value is -3.68. The van der Waals surface area contributed by atoms with Crippen LogP contribution < -0.4 is 10.1 Å². The van der Waals surface area contributed by atoms with Crippen LogP contribution in [0.15, 0.2) is 48.7 Å².